The van der Waals surface area contributed by atoms with Crippen molar-refractivity contribution in [2.24, 2.45) is 0 Å². The van der Waals surface area contributed by atoms with E-state index in [1.807, 2.05) is 25.3 Å². The topological polar surface area (TPSA) is 70.9 Å². The zero-order valence-corrected chi connectivity index (χ0v) is 9.38. The van der Waals surface area contributed by atoms with E-state index >= 15 is 0 Å². The molecule has 0 bridgehead atoms. The fourth-order valence-corrected chi connectivity index (χ4v) is 1.67. The van der Waals surface area contributed by atoms with Gasteiger partial charge in [0.05, 0.1) is 6.54 Å². The number of nitrogens with zero attached hydrogens (tertiary/aromatic N) is 4. The molecule has 0 amide bonds. The molecule has 86 valence electrons. The molecule has 0 saturated heterocycles. The average Bonchev–Trinajstić information content (AvgIpc) is 2.95. The van der Waals surface area contributed by atoms with Gasteiger partial charge in [-0.2, -0.15) is 4.98 Å². The molecule has 2 N–H and O–H groups in total. The lowest BCUT2D eigenvalue weighted by molar-refractivity contribution is 0.929. The first-order valence-corrected chi connectivity index (χ1v) is 5.37. The third-order valence-electron chi connectivity index (χ3n) is 2.53. The molecular formula is C11H12N6. The third-order valence-corrected chi connectivity index (χ3v) is 2.53. The molecule has 17 heavy (non-hydrogen) atoms. The molecule has 0 saturated carbocycles. The zero-order valence-electron chi connectivity index (χ0n) is 9.38. The number of hydrogen-bond acceptors (Lipinski definition) is 4. The van der Waals surface area contributed by atoms with Crippen LogP contribution in [-0.2, 0) is 6.54 Å². The molecule has 0 atom stereocenters. The molecule has 0 aliphatic heterocycles. The summed E-state index contributed by atoms with van der Waals surface area (Å²) in [6, 6.07) is 3.97. The van der Waals surface area contributed by atoms with E-state index < -0.39 is 0 Å². The van der Waals surface area contributed by atoms with E-state index in [0.29, 0.717) is 12.5 Å². The molecule has 6 heteroatoms. The van der Waals surface area contributed by atoms with Crippen LogP contribution in [0.5, 0.6) is 0 Å². The van der Waals surface area contributed by atoms with E-state index in [-0.39, 0.29) is 0 Å². The minimum absolute atomic E-state index is 0.586. The molecule has 0 aliphatic carbocycles. The Hall–Kier alpha value is -2.37. The quantitative estimate of drug-likeness (QED) is 0.710. The van der Waals surface area contributed by atoms with Gasteiger partial charge in [-0.1, -0.05) is 6.07 Å². The van der Waals surface area contributed by atoms with Crippen LogP contribution >= 0.6 is 0 Å². The number of rotatable bonds is 3. The summed E-state index contributed by atoms with van der Waals surface area (Å²) in [5, 5.41) is 7.45. The predicted octanol–water partition coefficient (Wildman–Crippen LogP) is 1.37. The third kappa shape index (κ3) is 1.84. The highest BCUT2D eigenvalue weighted by Gasteiger charge is 2.05. The molecule has 0 aromatic carbocycles. The molecule has 3 aromatic rings. The van der Waals surface area contributed by atoms with E-state index in [2.05, 4.69) is 25.4 Å². The normalized spacial score (nSPS) is 10.9. The number of H-pyrrole nitrogens is 1. The van der Waals surface area contributed by atoms with Gasteiger partial charge >= 0.3 is 0 Å². The highest BCUT2D eigenvalue weighted by atomic mass is 15.3. The molecule has 0 fully saturated rings. The Balaban J connectivity index is 1.84. The van der Waals surface area contributed by atoms with E-state index in [0.717, 1.165) is 17.0 Å². The number of imidazole rings is 1. The molecule has 0 unspecified atom stereocenters. The van der Waals surface area contributed by atoms with Gasteiger partial charge in [-0.15, -0.1) is 5.10 Å². The summed E-state index contributed by atoms with van der Waals surface area (Å²) in [4.78, 5) is 11.5. The highest BCUT2D eigenvalue weighted by molar-refractivity contribution is 5.49. The van der Waals surface area contributed by atoms with Crippen molar-refractivity contribution in [3.63, 3.8) is 0 Å². The van der Waals surface area contributed by atoms with Gasteiger partial charge in [-0.05, 0) is 18.6 Å². The lowest BCUT2D eigenvalue weighted by Gasteiger charge is -1.96. The van der Waals surface area contributed by atoms with Crippen LogP contribution in [0, 0.1) is 6.92 Å². The number of hydrogen-bond donors (Lipinski definition) is 2. The van der Waals surface area contributed by atoms with Crippen molar-refractivity contribution in [2.45, 2.75) is 13.5 Å². The smallest absolute Gasteiger partial charge is 0.243 e. The standard InChI is InChI=1S/C11H12N6/c1-8-3-2-6-17-10(8)15-11(16-17)14-7-9-12-4-5-13-9/h2-6H,7H2,1H3,(H,12,13)(H,14,16). The van der Waals surface area contributed by atoms with Crippen molar-refractivity contribution >= 4 is 11.6 Å². The monoisotopic (exact) mass is 228 g/mol. The second kappa shape index (κ2) is 3.89. The number of nitrogens with one attached hydrogen (secondary N) is 2. The van der Waals surface area contributed by atoms with Crippen molar-refractivity contribution in [3.05, 3.63) is 42.1 Å². The number of aromatic nitrogens is 5. The van der Waals surface area contributed by atoms with Crippen LogP contribution in [0.4, 0.5) is 5.95 Å². The van der Waals surface area contributed by atoms with E-state index in [4.69, 9.17) is 0 Å². The summed E-state index contributed by atoms with van der Waals surface area (Å²) in [6.07, 6.45) is 5.39. The summed E-state index contributed by atoms with van der Waals surface area (Å²) in [7, 11) is 0. The molecule has 0 radical (unpaired) electrons. The second-order valence-electron chi connectivity index (χ2n) is 3.78. The summed E-state index contributed by atoms with van der Waals surface area (Å²) >= 11 is 0. The molecule has 0 spiro atoms. The second-order valence-corrected chi connectivity index (χ2v) is 3.78. The fourth-order valence-electron chi connectivity index (χ4n) is 1.67. The Morgan fingerprint density at radius 2 is 2.41 bits per heavy atom. The van der Waals surface area contributed by atoms with Crippen molar-refractivity contribution in [3.8, 4) is 0 Å². The van der Waals surface area contributed by atoms with E-state index in [9.17, 15) is 0 Å². The van der Waals surface area contributed by atoms with E-state index in [1.165, 1.54) is 0 Å². The SMILES string of the molecule is Cc1cccn2nc(NCc3ncc[nH]3)nc12. The number of fused-ring (bicyclic) bond motifs is 1. The Morgan fingerprint density at radius 3 is 3.18 bits per heavy atom. The van der Waals surface area contributed by atoms with Crippen molar-refractivity contribution < 1.29 is 0 Å². The first-order chi connectivity index (χ1) is 8.33. The van der Waals surface area contributed by atoms with Gasteiger partial charge in [-0.25, -0.2) is 9.50 Å². The highest BCUT2D eigenvalue weighted by Crippen LogP contribution is 2.09. The Bertz CT molecular complexity index is 625. The molecule has 0 aliphatic rings. The Morgan fingerprint density at radius 1 is 1.47 bits per heavy atom. The molecule has 3 heterocycles. The maximum atomic E-state index is 4.41. The van der Waals surface area contributed by atoms with Crippen molar-refractivity contribution in [1.29, 1.82) is 0 Å². The molecular weight excluding hydrogens is 216 g/mol. The summed E-state index contributed by atoms with van der Waals surface area (Å²) in [5.41, 5.74) is 1.97. The molecule has 6 nitrogen and oxygen atoms in total. The van der Waals surface area contributed by atoms with Gasteiger partial charge in [0.15, 0.2) is 5.65 Å². The number of anilines is 1. The van der Waals surface area contributed by atoms with Crippen molar-refractivity contribution in [1.82, 2.24) is 24.6 Å². The van der Waals surface area contributed by atoms with Gasteiger partial charge in [-0.3, -0.25) is 0 Å². The molecule has 3 rings (SSSR count). The van der Waals surface area contributed by atoms with Crippen LogP contribution in [0.3, 0.4) is 0 Å². The van der Waals surface area contributed by atoms with Crippen LogP contribution in [0.1, 0.15) is 11.4 Å². The lowest BCUT2D eigenvalue weighted by atomic mass is 10.3. The van der Waals surface area contributed by atoms with Gasteiger partial charge in [0.1, 0.15) is 5.82 Å². The van der Waals surface area contributed by atoms with Crippen LogP contribution in [0.15, 0.2) is 30.7 Å². The van der Waals surface area contributed by atoms with Gasteiger partial charge in [0, 0.05) is 18.6 Å². The Kier molecular flexibility index (Phi) is 2.25. The fraction of sp³-hybridized carbons (Fsp3) is 0.182. The number of pyridine rings is 1. The molecule has 3 aromatic heterocycles. The van der Waals surface area contributed by atoms with E-state index in [1.54, 1.807) is 16.9 Å². The van der Waals surface area contributed by atoms with Crippen molar-refractivity contribution in [2.75, 3.05) is 5.32 Å². The summed E-state index contributed by atoms with van der Waals surface area (Å²) in [5.74, 6) is 1.47. The van der Waals surface area contributed by atoms with Gasteiger partial charge in [0.25, 0.3) is 0 Å². The number of aromatic amines is 1. The van der Waals surface area contributed by atoms with Crippen LogP contribution in [0.2, 0.25) is 0 Å². The minimum Gasteiger partial charge on any atom is -0.347 e. The first-order valence-electron chi connectivity index (χ1n) is 5.37. The number of aryl methyl sites for hydroxylation is 1. The van der Waals surface area contributed by atoms with Crippen LogP contribution in [-0.4, -0.2) is 24.6 Å². The van der Waals surface area contributed by atoms with Crippen LogP contribution < -0.4 is 5.32 Å². The van der Waals surface area contributed by atoms with Gasteiger partial charge in [0.2, 0.25) is 5.95 Å². The van der Waals surface area contributed by atoms with Gasteiger partial charge < -0.3 is 10.3 Å². The Labute approximate surface area is 97.7 Å². The largest absolute Gasteiger partial charge is 0.347 e. The first kappa shape index (κ1) is 9.83. The lowest BCUT2D eigenvalue weighted by Crippen LogP contribution is -2.02. The minimum atomic E-state index is 0.586. The summed E-state index contributed by atoms with van der Waals surface area (Å²) in [6.45, 7) is 2.60. The maximum Gasteiger partial charge on any atom is 0.243 e. The predicted molar refractivity (Wildman–Crippen MR) is 63.6 cm³/mol. The maximum absolute atomic E-state index is 4.41. The zero-order chi connectivity index (χ0) is 11.7. The average molecular weight is 228 g/mol. The van der Waals surface area contributed by atoms with Crippen LogP contribution in [0.25, 0.3) is 5.65 Å². The summed E-state index contributed by atoms with van der Waals surface area (Å²) < 4.78 is 1.76.